The van der Waals surface area contributed by atoms with Crippen molar-refractivity contribution in [1.82, 2.24) is 0 Å². The number of aliphatic hydroxyl groups is 1. The van der Waals surface area contributed by atoms with Gasteiger partial charge in [-0.1, -0.05) is 17.9 Å². The summed E-state index contributed by atoms with van der Waals surface area (Å²) in [5.74, 6) is 6.70. The molecule has 0 aliphatic carbocycles. The topological polar surface area (TPSA) is 47.9 Å². The van der Waals surface area contributed by atoms with Crippen LogP contribution in [0.3, 0.4) is 0 Å². The summed E-state index contributed by atoms with van der Waals surface area (Å²) in [6.07, 6.45) is 0. The number of methoxy groups -OCH3 is 2. The van der Waals surface area contributed by atoms with E-state index < -0.39 is 5.60 Å². The van der Waals surface area contributed by atoms with Gasteiger partial charge >= 0.3 is 0 Å². The van der Waals surface area contributed by atoms with Crippen LogP contribution in [0.15, 0.2) is 18.2 Å². The van der Waals surface area contributed by atoms with Crippen molar-refractivity contribution < 1.29 is 19.3 Å². The Kier molecular flexibility index (Phi) is 5.02. The molecule has 0 aromatic heterocycles. The van der Waals surface area contributed by atoms with E-state index in [9.17, 15) is 5.11 Å². The smallest absolute Gasteiger partial charge is 0.188 e. The molecule has 0 bridgehead atoms. The van der Waals surface area contributed by atoms with Gasteiger partial charge in [0.2, 0.25) is 0 Å². The molecule has 0 unspecified atom stereocenters. The number of hydrogen-bond acceptors (Lipinski definition) is 4. The predicted molar refractivity (Wildman–Crippen MR) is 68.7 cm³/mol. The molecule has 18 heavy (non-hydrogen) atoms. The molecule has 0 saturated heterocycles. The molecule has 0 heterocycles. The molecule has 0 fully saturated rings. The summed E-state index contributed by atoms with van der Waals surface area (Å²) >= 11 is 0. The van der Waals surface area contributed by atoms with E-state index in [0.717, 1.165) is 0 Å². The Morgan fingerprint density at radius 3 is 2.56 bits per heavy atom. The Morgan fingerprint density at radius 1 is 1.28 bits per heavy atom. The van der Waals surface area contributed by atoms with Crippen LogP contribution in [0, 0.1) is 11.8 Å². The van der Waals surface area contributed by atoms with Crippen molar-refractivity contribution in [3.05, 3.63) is 23.8 Å². The van der Waals surface area contributed by atoms with E-state index in [1.54, 1.807) is 33.1 Å². The molecule has 1 N–H and O–H groups in total. The minimum absolute atomic E-state index is 0.109. The Morgan fingerprint density at radius 2 is 2.00 bits per heavy atom. The van der Waals surface area contributed by atoms with E-state index in [-0.39, 0.29) is 6.79 Å². The molecule has 0 saturated carbocycles. The monoisotopic (exact) mass is 250 g/mol. The van der Waals surface area contributed by atoms with E-state index in [2.05, 4.69) is 11.8 Å². The molecular formula is C14H18O4. The lowest BCUT2D eigenvalue weighted by molar-refractivity contribution is 0.0489. The fourth-order valence-electron chi connectivity index (χ4n) is 1.26. The lowest BCUT2D eigenvalue weighted by atomic mass is 10.1. The average Bonchev–Trinajstić information content (AvgIpc) is 2.33. The maximum absolute atomic E-state index is 9.60. The van der Waals surface area contributed by atoms with Gasteiger partial charge in [-0.25, -0.2) is 0 Å². The number of benzene rings is 1. The first-order valence-electron chi connectivity index (χ1n) is 5.52. The van der Waals surface area contributed by atoms with Crippen LogP contribution in [0.4, 0.5) is 0 Å². The number of rotatable bonds is 4. The SMILES string of the molecule is COCOc1c(C#CC(C)(C)O)cccc1OC. The van der Waals surface area contributed by atoms with Crippen LogP contribution in [0.2, 0.25) is 0 Å². The second-order valence-electron chi connectivity index (χ2n) is 4.20. The standard InChI is InChI=1S/C14H18O4/c1-14(2,15)9-8-11-6-5-7-12(17-4)13(11)18-10-16-3/h5-7,15H,10H2,1-4H3. The third-order valence-corrected chi connectivity index (χ3v) is 2.02. The normalized spacial score (nSPS) is 10.5. The average molecular weight is 250 g/mol. The van der Waals surface area contributed by atoms with Gasteiger partial charge in [0.25, 0.3) is 0 Å². The molecule has 4 nitrogen and oxygen atoms in total. The highest BCUT2D eigenvalue weighted by atomic mass is 16.7. The third-order valence-electron chi connectivity index (χ3n) is 2.02. The maximum Gasteiger partial charge on any atom is 0.188 e. The third kappa shape index (κ3) is 4.28. The molecule has 1 rings (SSSR count). The molecule has 0 atom stereocenters. The quantitative estimate of drug-likeness (QED) is 0.654. The zero-order valence-corrected chi connectivity index (χ0v) is 11.1. The fraction of sp³-hybridized carbons (Fsp3) is 0.429. The van der Waals surface area contributed by atoms with Gasteiger partial charge in [0, 0.05) is 7.11 Å². The predicted octanol–water partition coefficient (Wildman–Crippen LogP) is 1.80. The van der Waals surface area contributed by atoms with Gasteiger partial charge in [-0.15, -0.1) is 0 Å². The lowest BCUT2D eigenvalue weighted by Crippen LogP contribution is -2.14. The summed E-state index contributed by atoms with van der Waals surface area (Å²) in [5.41, 5.74) is -0.407. The molecule has 0 spiro atoms. The minimum Gasteiger partial charge on any atom is -0.493 e. The van der Waals surface area contributed by atoms with Crippen LogP contribution in [-0.2, 0) is 4.74 Å². The number of para-hydroxylation sites is 1. The minimum atomic E-state index is -1.05. The van der Waals surface area contributed by atoms with Crippen molar-refractivity contribution >= 4 is 0 Å². The number of ether oxygens (including phenoxy) is 3. The fourth-order valence-corrected chi connectivity index (χ4v) is 1.26. The maximum atomic E-state index is 9.60. The highest BCUT2D eigenvalue weighted by Gasteiger charge is 2.11. The van der Waals surface area contributed by atoms with Crippen LogP contribution >= 0.6 is 0 Å². The molecule has 0 amide bonds. The first-order chi connectivity index (χ1) is 8.48. The zero-order chi connectivity index (χ0) is 13.6. The van der Waals surface area contributed by atoms with E-state index in [1.807, 2.05) is 6.07 Å². The molecule has 1 aromatic carbocycles. The van der Waals surface area contributed by atoms with Gasteiger partial charge < -0.3 is 19.3 Å². The van der Waals surface area contributed by atoms with E-state index in [1.165, 1.54) is 7.11 Å². The summed E-state index contributed by atoms with van der Waals surface area (Å²) < 4.78 is 15.5. The van der Waals surface area contributed by atoms with Gasteiger partial charge in [-0.2, -0.15) is 0 Å². The largest absolute Gasteiger partial charge is 0.493 e. The first kappa shape index (κ1) is 14.4. The summed E-state index contributed by atoms with van der Waals surface area (Å²) in [7, 11) is 3.10. The summed E-state index contributed by atoms with van der Waals surface area (Å²) in [4.78, 5) is 0. The van der Waals surface area contributed by atoms with E-state index >= 15 is 0 Å². The van der Waals surface area contributed by atoms with Crippen LogP contribution < -0.4 is 9.47 Å². The van der Waals surface area contributed by atoms with Crippen molar-refractivity contribution in [2.24, 2.45) is 0 Å². The Labute approximate surface area is 107 Å². The number of hydrogen-bond donors (Lipinski definition) is 1. The van der Waals surface area contributed by atoms with E-state index in [0.29, 0.717) is 17.1 Å². The van der Waals surface area contributed by atoms with Crippen LogP contribution in [0.5, 0.6) is 11.5 Å². The molecule has 0 aliphatic heterocycles. The van der Waals surface area contributed by atoms with Gasteiger partial charge in [0.15, 0.2) is 18.3 Å². The van der Waals surface area contributed by atoms with Gasteiger partial charge in [0.1, 0.15) is 5.60 Å². The molecule has 0 aliphatic rings. The highest BCUT2D eigenvalue weighted by molar-refractivity contribution is 5.54. The van der Waals surface area contributed by atoms with Crippen molar-refractivity contribution in [2.45, 2.75) is 19.4 Å². The van der Waals surface area contributed by atoms with E-state index in [4.69, 9.17) is 14.2 Å². The molecule has 1 aromatic rings. The Bertz CT molecular complexity index is 449. The Balaban J connectivity index is 3.12. The van der Waals surface area contributed by atoms with Crippen molar-refractivity contribution in [2.75, 3.05) is 21.0 Å². The van der Waals surface area contributed by atoms with Gasteiger partial charge in [-0.05, 0) is 26.0 Å². The van der Waals surface area contributed by atoms with Crippen LogP contribution in [0.1, 0.15) is 19.4 Å². The van der Waals surface area contributed by atoms with Gasteiger partial charge in [0.05, 0.1) is 12.7 Å². The van der Waals surface area contributed by atoms with Crippen LogP contribution in [0.25, 0.3) is 0 Å². The second-order valence-corrected chi connectivity index (χ2v) is 4.20. The summed E-state index contributed by atoms with van der Waals surface area (Å²) in [6.45, 7) is 3.35. The molecule has 98 valence electrons. The molecule has 0 radical (unpaired) electrons. The summed E-state index contributed by atoms with van der Waals surface area (Å²) in [5, 5.41) is 9.60. The van der Waals surface area contributed by atoms with Gasteiger partial charge in [-0.3, -0.25) is 0 Å². The van der Waals surface area contributed by atoms with Crippen molar-refractivity contribution in [3.8, 4) is 23.3 Å². The Hall–Kier alpha value is -1.70. The highest BCUT2D eigenvalue weighted by Crippen LogP contribution is 2.30. The van der Waals surface area contributed by atoms with Crippen molar-refractivity contribution in [3.63, 3.8) is 0 Å². The summed E-state index contributed by atoms with van der Waals surface area (Å²) in [6, 6.07) is 5.39. The molecule has 4 heteroatoms. The lowest BCUT2D eigenvalue weighted by Gasteiger charge is -2.12. The molecular weight excluding hydrogens is 232 g/mol. The van der Waals surface area contributed by atoms with Crippen LogP contribution in [-0.4, -0.2) is 31.7 Å². The zero-order valence-electron chi connectivity index (χ0n) is 11.1. The first-order valence-corrected chi connectivity index (χ1v) is 5.52. The van der Waals surface area contributed by atoms with Crippen molar-refractivity contribution in [1.29, 1.82) is 0 Å². The second kappa shape index (κ2) is 6.29.